The van der Waals surface area contributed by atoms with Crippen molar-refractivity contribution in [2.45, 2.75) is 54.0 Å². The molecule has 1 aromatic heterocycles. The fourth-order valence-corrected chi connectivity index (χ4v) is 5.65. The molecule has 8 heteroatoms. The molecule has 2 saturated heterocycles. The van der Waals surface area contributed by atoms with E-state index in [4.69, 9.17) is 4.98 Å². The van der Waals surface area contributed by atoms with Crippen molar-refractivity contribution in [3.8, 4) is 0 Å². The summed E-state index contributed by atoms with van der Waals surface area (Å²) in [5.74, 6) is 1.23. The van der Waals surface area contributed by atoms with Gasteiger partial charge in [0, 0.05) is 77.1 Å². The Hall–Kier alpha value is -2.87. The highest BCUT2D eigenvalue weighted by Crippen LogP contribution is 2.26. The zero-order valence-corrected chi connectivity index (χ0v) is 23.3. The molecular formula is C29H44N6O2. The maximum atomic E-state index is 12.8. The van der Waals surface area contributed by atoms with Crippen LogP contribution in [0.4, 0.5) is 11.6 Å². The molecule has 2 fully saturated rings. The summed E-state index contributed by atoms with van der Waals surface area (Å²) in [5.41, 5.74) is 3.47. The minimum atomic E-state index is -0.118. The van der Waals surface area contributed by atoms with Gasteiger partial charge in [-0.15, -0.1) is 0 Å². The zero-order valence-electron chi connectivity index (χ0n) is 23.3. The van der Waals surface area contributed by atoms with E-state index in [-0.39, 0.29) is 16.9 Å². The molecule has 0 saturated carbocycles. The summed E-state index contributed by atoms with van der Waals surface area (Å²) < 4.78 is 0. The van der Waals surface area contributed by atoms with Gasteiger partial charge in [-0.3, -0.25) is 19.5 Å². The summed E-state index contributed by atoms with van der Waals surface area (Å²) >= 11 is 0. The van der Waals surface area contributed by atoms with Crippen LogP contribution in [0.2, 0.25) is 0 Å². The third-order valence-electron chi connectivity index (χ3n) is 7.32. The second-order valence-corrected chi connectivity index (χ2v) is 12.1. The van der Waals surface area contributed by atoms with Gasteiger partial charge >= 0.3 is 0 Å². The number of aromatic amines is 1. The second-order valence-electron chi connectivity index (χ2n) is 12.1. The highest BCUT2D eigenvalue weighted by atomic mass is 16.2. The summed E-state index contributed by atoms with van der Waals surface area (Å²) in [6.45, 7) is 18.1. The third-order valence-corrected chi connectivity index (χ3v) is 7.32. The topological polar surface area (TPSA) is 75.8 Å². The van der Waals surface area contributed by atoms with Gasteiger partial charge in [-0.05, 0) is 42.4 Å². The number of benzene rings is 1. The van der Waals surface area contributed by atoms with Crippen molar-refractivity contribution in [2.24, 2.45) is 11.3 Å². The molecular weight excluding hydrogens is 464 g/mol. The lowest BCUT2D eigenvalue weighted by Gasteiger charge is -2.37. The normalized spacial score (nSPS) is 18.2. The molecule has 2 aromatic rings. The average molecular weight is 509 g/mol. The number of carbonyl (C=O) groups is 1. The fourth-order valence-electron chi connectivity index (χ4n) is 5.65. The number of aryl methyl sites for hydroxylation is 1. The molecule has 2 aliphatic rings. The van der Waals surface area contributed by atoms with Crippen LogP contribution in [0.15, 0.2) is 35.1 Å². The zero-order chi connectivity index (χ0) is 26.6. The van der Waals surface area contributed by atoms with Crippen LogP contribution in [-0.4, -0.2) is 78.0 Å². The summed E-state index contributed by atoms with van der Waals surface area (Å²) in [4.78, 5) is 41.9. The number of piperazine rings is 2. The molecule has 0 aliphatic carbocycles. The van der Waals surface area contributed by atoms with Gasteiger partial charge in [0.15, 0.2) is 0 Å². The molecule has 3 heterocycles. The van der Waals surface area contributed by atoms with Gasteiger partial charge in [0.2, 0.25) is 11.9 Å². The third kappa shape index (κ3) is 7.81. The summed E-state index contributed by atoms with van der Waals surface area (Å²) in [5, 5.41) is 0. The van der Waals surface area contributed by atoms with Crippen LogP contribution < -0.4 is 15.4 Å². The van der Waals surface area contributed by atoms with Gasteiger partial charge in [-0.25, -0.2) is 4.98 Å². The lowest BCUT2D eigenvalue weighted by molar-refractivity contribution is -0.132. The van der Waals surface area contributed by atoms with Gasteiger partial charge in [-0.1, -0.05) is 39.8 Å². The van der Waals surface area contributed by atoms with Crippen LogP contribution in [0.1, 0.15) is 51.8 Å². The standard InChI is InChI=1S/C29H44N6O2/c1-22-7-6-8-25(17-22)33-11-9-32(10-12-33)21-24-19-26(36)31-28(30-24)35-15-13-34(14-16-35)27(37)18-23(2)20-29(3,4)5/h6-8,17,19,23H,9-16,18,20-21H2,1-5H3,(H,30,31,36)/t23-/m0/s1. The van der Waals surface area contributed by atoms with Crippen molar-refractivity contribution in [1.29, 1.82) is 0 Å². The van der Waals surface area contributed by atoms with E-state index in [0.717, 1.165) is 38.3 Å². The predicted octanol–water partition coefficient (Wildman–Crippen LogP) is 3.51. The maximum Gasteiger partial charge on any atom is 0.252 e. The first-order chi connectivity index (χ1) is 17.6. The maximum absolute atomic E-state index is 12.8. The van der Waals surface area contributed by atoms with E-state index in [1.807, 2.05) is 4.90 Å². The molecule has 37 heavy (non-hydrogen) atoms. The Labute approximate surface area is 221 Å². The Balaban J connectivity index is 1.29. The Morgan fingerprint density at radius 3 is 2.32 bits per heavy atom. The Morgan fingerprint density at radius 1 is 1.00 bits per heavy atom. The molecule has 0 unspecified atom stereocenters. The van der Waals surface area contributed by atoms with Crippen molar-refractivity contribution >= 4 is 17.5 Å². The van der Waals surface area contributed by atoms with Crippen LogP contribution >= 0.6 is 0 Å². The molecule has 0 bridgehead atoms. The van der Waals surface area contributed by atoms with Crippen molar-refractivity contribution < 1.29 is 4.79 Å². The summed E-state index contributed by atoms with van der Waals surface area (Å²) in [6.07, 6.45) is 1.64. The van der Waals surface area contributed by atoms with Gasteiger partial charge in [0.1, 0.15) is 0 Å². The van der Waals surface area contributed by atoms with Crippen LogP contribution in [-0.2, 0) is 11.3 Å². The number of nitrogens with one attached hydrogen (secondary N) is 1. The first-order valence-electron chi connectivity index (χ1n) is 13.7. The highest BCUT2D eigenvalue weighted by Gasteiger charge is 2.26. The highest BCUT2D eigenvalue weighted by molar-refractivity contribution is 5.76. The summed E-state index contributed by atoms with van der Waals surface area (Å²) in [6, 6.07) is 10.3. The number of anilines is 2. The average Bonchev–Trinajstić information content (AvgIpc) is 2.83. The molecule has 1 N–H and O–H groups in total. The molecule has 8 nitrogen and oxygen atoms in total. The molecule has 1 atom stereocenters. The summed E-state index contributed by atoms with van der Waals surface area (Å²) in [7, 11) is 0. The largest absolute Gasteiger partial charge is 0.369 e. The Morgan fingerprint density at radius 2 is 1.68 bits per heavy atom. The molecule has 2 aliphatic heterocycles. The Bertz CT molecular complexity index is 1110. The van der Waals surface area contributed by atoms with Crippen molar-refractivity contribution in [3.63, 3.8) is 0 Å². The molecule has 0 radical (unpaired) electrons. The van der Waals surface area contributed by atoms with E-state index in [1.165, 1.54) is 11.3 Å². The number of rotatable bonds is 7. The minimum absolute atomic E-state index is 0.118. The smallest absolute Gasteiger partial charge is 0.252 e. The van der Waals surface area contributed by atoms with E-state index in [1.54, 1.807) is 6.07 Å². The lowest BCUT2D eigenvalue weighted by atomic mass is 9.84. The van der Waals surface area contributed by atoms with Crippen LogP contribution in [0.25, 0.3) is 0 Å². The first kappa shape index (κ1) is 27.2. The predicted molar refractivity (Wildman–Crippen MR) is 150 cm³/mol. The number of hydrogen-bond acceptors (Lipinski definition) is 6. The van der Waals surface area contributed by atoms with Gasteiger partial charge in [0.05, 0.1) is 5.69 Å². The first-order valence-corrected chi connectivity index (χ1v) is 13.7. The molecule has 1 amide bonds. The number of amides is 1. The van der Waals surface area contributed by atoms with Gasteiger partial charge < -0.3 is 14.7 Å². The minimum Gasteiger partial charge on any atom is -0.369 e. The van der Waals surface area contributed by atoms with E-state index >= 15 is 0 Å². The Kier molecular flexibility index (Phi) is 8.57. The number of aromatic nitrogens is 2. The van der Waals surface area contributed by atoms with Crippen LogP contribution in [0.5, 0.6) is 0 Å². The van der Waals surface area contributed by atoms with E-state index < -0.39 is 0 Å². The monoisotopic (exact) mass is 508 g/mol. The van der Waals surface area contributed by atoms with Gasteiger partial charge in [-0.2, -0.15) is 0 Å². The molecule has 202 valence electrons. The van der Waals surface area contributed by atoms with Crippen LogP contribution in [0.3, 0.4) is 0 Å². The fraction of sp³-hybridized carbons (Fsp3) is 0.621. The molecule has 1 aromatic carbocycles. The number of nitrogens with zero attached hydrogens (tertiary/aromatic N) is 5. The molecule has 0 spiro atoms. The van der Waals surface area contributed by atoms with E-state index in [9.17, 15) is 9.59 Å². The molecule has 4 rings (SSSR count). The van der Waals surface area contributed by atoms with Crippen molar-refractivity contribution in [3.05, 3.63) is 51.9 Å². The number of carbonyl (C=O) groups excluding carboxylic acids is 1. The van der Waals surface area contributed by atoms with Gasteiger partial charge in [0.25, 0.3) is 5.56 Å². The lowest BCUT2D eigenvalue weighted by Crippen LogP contribution is -2.50. The quantitative estimate of drug-likeness (QED) is 0.617. The van der Waals surface area contributed by atoms with Crippen LogP contribution in [0, 0.1) is 18.3 Å². The van der Waals surface area contributed by atoms with E-state index in [2.05, 4.69) is 78.6 Å². The van der Waals surface area contributed by atoms with Crippen molar-refractivity contribution in [1.82, 2.24) is 19.8 Å². The number of H-pyrrole nitrogens is 1. The van der Waals surface area contributed by atoms with E-state index in [0.29, 0.717) is 51.0 Å². The second kappa shape index (κ2) is 11.7. The van der Waals surface area contributed by atoms with Crippen molar-refractivity contribution in [2.75, 3.05) is 62.2 Å². The SMILES string of the molecule is Cc1cccc(N2CCN(Cc3cc(=O)[nH]c(N4CCN(C(=O)C[C@H](C)CC(C)(C)C)CC4)n3)CC2)c1. The number of hydrogen-bond donors (Lipinski definition) is 1.